The number of carbonyl (C=O) groups excluding carboxylic acids is 1. The van der Waals surface area contributed by atoms with Gasteiger partial charge in [-0.25, -0.2) is 13.4 Å². The summed E-state index contributed by atoms with van der Waals surface area (Å²) in [6.07, 6.45) is 1.25. The largest absolute Gasteiger partial charge is 0.339 e. The third kappa shape index (κ3) is 3.95. The van der Waals surface area contributed by atoms with Gasteiger partial charge in [-0.15, -0.1) is 0 Å². The fourth-order valence-corrected chi connectivity index (χ4v) is 3.69. The molecule has 0 atom stereocenters. The van der Waals surface area contributed by atoms with E-state index in [1.165, 1.54) is 22.6 Å². The summed E-state index contributed by atoms with van der Waals surface area (Å²) in [5, 5.41) is 0.248. The van der Waals surface area contributed by atoms with Gasteiger partial charge in [0.2, 0.25) is 15.9 Å². The Morgan fingerprint density at radius 2 is 1.91 bits per heavy atom. The zero-order valence-corrected chi connectivity index (χ0v) is 14.1. The molecule has 2 rings (SSSR count). The van der Waals surface area contributed by atoms with Gasteiger partial charge in [0, 0.05) is 32.4 Å². The monoisotopic (exact) mass is 346 g/mol. The molecule has 0 spiro atoms. The predicted octanol–water partition coefficient (Wildman–Crippen LogP) is 0.130. The van der Waals surface area contributed by atoms with Crippen LogP contribution in [0.4, 0.5) is 0 Å². The third-order valence-corrected chi connectivity index (χ3v) is 5.49. The van der Waals surface area contributed by atoms with Crippen molar-refractivity contribution < 1.29 is 13.2 Å². The summed E-state index contributed by atoms with van der Waals surface area (Å²) >= 11 is 5.68. The van der Waals surface area contributed by atoms with E-state index in [0.717, 1.165) is 0 Å². The van der Waals surface area contributed by atoms with E-state index in [1.807, 2.05) is 14.1 Å². The summed E-state index contributed by atoms with van der Waals surface area (Å²) in [5.41, 5.74) is 0. The Morgan fingerprint density at radius 3 is 2.41 bits per heavy atom. The molecule has 9 heteroatoms. The Morgan fingerprint density at radius 1 is 1.27 bits per heavy atom. The van der Waals surface area contributed by atoms with Crippen LogP contribution in [0.25, 0.3) is 0 Å². The topological polar surface area (TPSA) is 73.8 Å². The summed E-state index contributed by atoms with van der Waals surface area (Å²) in [5.74, 6) is 0.00945. The second kappa shape index (κ2) is 6.91. The molecule has 0 radical (unpaired) electrons. The first-order valence-corrected chi connectivity index (χ1v) is 8.67. The number of likely N-dealkylation sites (N-methyl/N-ethyl adjacent to an activating group) is 1. The number of piperazine rings is 1. The molecule has 7 nitrogen and oxygen atoms in total. The number of hydrogen-bond acceptors (Lipinski definition) is 5. The number of rotatable bonds is 4. The Balaban J connectivity index is 2.01. The minimum absolute atomic E-state index is 0.00945. The van der Waals surface area contributed by atoms with Gasteiger partial charge in [-0.05, 0) is 26.2 Å². The normalized spacial score (nSPS) is 17.0. The molecule has 1 amide bonds. The Hall–Kier alpha value is -1.22. The van der Waals surface area contributed by atoms with Crippen LogP contribution in [0, 0.1) is 0 Å². The lowest BCUT2D eigenvalue weighted by Crippen LogP contribution is -2.52. The van der Waals surface area contributed by atoms with Crippen molar-refractivity contribution in [2.75, 3.05) is 46.8 Å². The van der Waals surface area contributed by atoms with Gasteiger partial charge in [-0.3, -0.25) is 4.79 Å². The first-order valence-electron chi connectivity index (χ1n) is 6.85. The fraction of sp³-hybridized carbons (Fsp3) is 0.538. The van der Waals surface area contributed by atoms with Crippen LogP contribution in [-0.4, -0.2) is 80.2 Å². The van der Waals surface area contributed by atoms with E-state index in [0.29, 0.717) is 19.6 Å². The second-order valence-corrected chi connectivity index (χ2v) is 7.66. The number of carbonyl (C=O) groups is 1. The highest BCUT2D eigenvalue weighted by molar-refractivity contribution is 7.89. The molecule has 1 aliphatic rings. The Bertz CT molecular complexity index is 625. The van der Waals surface area contributed by atoms with E-state index in [9.17, 15) is 13.2 Å². The fourth-order valence-electron chi connectivity index (χ4n) is 2.21. The minimum atomic E-state index is -3.59. The zero-order valence-electron chi connectivity index (χ0n) is 12.6. The van der Waals surface area contributed by atoms with Gasteiger partial charge in [0.25, 0.3) is 0 Å². The lowest BCUT2D eigenvalue weighted by Gasteiger charge is -2.34. The van der Waals surface area contributed by atoms with E-state index in [1.54, 1.807) is 9.80 Å². The SMILES string of the molecule is CN(C)CC(=O)N1CCN(S(=O)(=O)c2ccc(Cl)nc2)CC1. The van der Waals surface area contributed by atoms with Gasteiger partial charge in [0.05, 0.1) is 6.54 Å². The van der Waals surface area contributed by atoms with E-state index in [-0.39, 0.29) is 29.0 Å². The molecule has 0 bridgehead atoms. The average molecular weight is 347 g/mol. The quantitative estimate of drug-likeness (QED) is 0.724. The first-order chi connectivity index (χ1) is 10.3. The van der Waals surface area contributed by atoms with Gasteiger partial charge >= 0.3 is 0 Å². The van der Waals surface area contributed by atoms with Crippen LogP contribution in [0.3, 0.4) is 0 Å². The molecule has 1 aromatic heterocycles. The van der Waals surface area contributed by atoms with Crippen molar-refractivity contribution >= 4 is 27.5 Å². The minimum Gasteiger partial charge on any atom is -0.339 e. The van der Waals surface area contributed by atoms with Crippen LogP contribution in [0.1, 0.15) is 0 Å². The number of amides is 1. The van der Waals surface area contributed by atoms with Crippen LogP contribution >= 0.6 is 11.6 Å². The summed E-state index contributed by atoms with van der Waals surface area (Å²) in [7, 11) is 0.0639. The molecule has 1 saturated heterocycles. The Kier molecular flexibility index (Phi) is 5.38. The second-order valence-electron chi connectivity index (χ2n) is 5.34. The molecular weight excluding hydrogens is 328 g/mol. The molecule has 2 heterocycles. The van der Waals surface area contributed by atoms with Crippen molar-refractivity contribution in [2.24, 2.45) is 0 Å². The third-order valence-electron chi connectivity index (χ3n) is 3.38. The number of nitrogens with zero attached hydrogens (tertiary/aromatic N) is 4. The van der Waals surface area contributed by atoms with E-state index < -0.39 is 10.0 Å². The van der Waals surface area contributed by atoms with Crippen molar-refractivity contribution in [1.82, 2.24) is 19.1 Å². The van der Waals surface area contributed by atoms with Crippen molar-refractivity contribution in [1.29, 1.82) is 0 Å². The average Bonchev–Trinajstić information content (AvgIpc) is 2.47. The number of pyridine rings is 1. The van der Waals surface area contributed by atoms with E-state index >= 15 is 0 Å². The summed E-state index contributed by atoms with van der Waals surface area (Å²) in [4.78, 5) is 19.4. The van der Waals surface area contributed by atoms with Crippen LogP contribution in [-0.2, 0) is 14.8 Å². The summed E-state index contributed by atoms with van der Waals surface area (Å²) in [6, 6.07) is 2.89. The van der Waals surface area contributed by atoms with Crippen LogP contribution < -0.4 is 0 Å². The number of hydrogen-bond donors (Lipinski definition) is 0. The molecule has 1 aromatic rings. The molecule has 0 saturated carbocycles. The molecular formula is C13H19ClN4O3S. The molecule has 0 aromatic carbocycles. The summed E-state index contributed by atoms with van der Waals surface area (Å²) < 4.78 is 26.3. The standard InChI is InChI=1S/C13H19ClN4O3S/c1-16(2)10-13(19)17-5-7-18(8-6-17)22(20,21)11-3-4-12(14)15-9-11/h3-4,9H,5-8,10H2,1-2H3. The summed E-state index contributed by atoms with van der Waals surface area (Å²) in [6.45, 7) is 1.68. The lowest BCUT2D eigenvalue weighted by atomic mass is 10.3. The molecule has 1 aliphatic heterocycles. The molecule has 122 valence electrons. The highest BCUT2D eigenvalue weighted by atomic mass is 35.5. The molecule has 22 heavy (non-hydrogen) atoms. The smallest absolute Gasteiger partial charge is 0.244 e. The van der Waals surface area contributed by atoms with Gasteiger partial charge < -0.3 is 9.80 Å². The van der Waals surface area contributed by atoms with Crippen molar-refractivity contribution in [3.8, 4) is 0 Å². The van der Waals surface area contributed by atoms with Gasteiger partial charge in [-0.2, -0.15) is 4.31 Å². The number of halogens is 1. The Labute approximate surface area is 135 Å². The number of aromatic nitrogens is 1. The maximum absolute atomic E-state index is 12.5. The molecule has 0 N–H and O–H groups in total. The van der Waals surface area contributed by atoms with Crippen molar-refractivity contribution in [3.63, 3.8) is 0 Å². The zero-order chi connectivity index (χ0) is 16.3. The molecule has 0 aliphatic carbocycles. The van der Waals surface area contributed by atoms with E-state index in [2.05, 4.69) is 4.98 Å². The highest BCUT2D eigenvalue weighted by Crippen LogP contribution is 2.18. The maximum Gasteiger partial charge on any atom is 0.244 e. The number of sulfonamides is 1. The maximum atomic E-state index is 12.5. The first kappa shape index (κ1) is 17.1. The van der Waals surface area contributed by atoms with Crippen molar-refractivity contribution in [3.05, 3.63) is 23.5 Å². The van der Waals surface area contributed by atoms with E-state index in [4.69, 9.17) is 11.6 Å². The molecule has 1 fully saturated rings. The highest BCUT2D eigenvalue weighted by Gasteiger charge is 2.30. The lowest BCUT2D eigenvalue weighted by molar-refractivity contribution is -0.133. The predicted molar refractivity (Wildman–Crippen MR) is 83.1 cm³/mol. The van der Waals surface area contributed by atoms with Crippen LogP contribution in [0.5, 0.6) is 0 Å². The van der Waals surface area contributed by atoms with Gasteiger partial charge in [0.15, 0.2) is 0 Å². The van der Waals surface area contributed by atoms with Crippen molar-refractivity contribution in [2.45, 2.75) is 4.90 Å². The van der Waals surface area contributed by atoms with Crippen LogP contribution in [0.15, 0.2) is 23.2 Å². The van der Waals surface area contributed by atoms with Gasteiger partial charge in [0.1, 0.15) is 10.0 Å². The van der Waals surface area contributed by atoms with Crippen LogP contribution in [0.2, 0.25) is 5.15 Å². The molecule has 0 unspecified atom stereocenters. The van der Waals surface area contributed by atoms with Gasteiger partial charge in [-0.1, -0.05) is 11.6 Å².